The first-order chi connectivity index (χ1) is 21.8. The molecular weight excluding hydrogens is 598 g/mol. The van der Waals surface area contributed by atoms with Crippen molar-refractivity contribution in [2.75, 3.05) is 138 Å². The summed E-state index contributed by atoms with van der Waals surface area (Å²) in [5.41, 5.74) is -1.15. The fourth-order valence-corrected chi connectivity index (χ4v) is 4.85. The highest BCUT2D eigenvalue weighted by Gasteiger charge is 2.24. The van der Waals surface area contributed by atoms with Crippen LogP contribution in [0, 0.1) is 0 Å². The van der Waals surface area contributed by atoms with Gasteiger partial charge in [0, 0.05) is 65.4 Å². The molecule has 0 saturated carbocycles. The van der Waals surface area contributed by atoms with E-state index in [1.165, 1.54) is 0 Å². The van der Waals surface area contributed by atoms with Crippen molar-refractivity contribution in [1.82, 2.24) is 24.9 Å². The van der Waals surface area contributed by atoms with Gasteiger partial charge in [-0.2, -0.15) is 0 Å². The highest BCUT2D eigenvalue weighted by atomic mass is 16.6. The second-order valence-corrected chi connectivity index (χ2v) is 13.6. The molecule has 14 heteroatoms. The van der Waals surface area contributed by atoms with Gasteiger partial charge in [-0.1, -0.05) is 0 Å². The molecule has 1 N–H and O–H groups in total. The Bertz CT molecular complexity index is 865. The normalized spacial score (nSPS) is 21.2. The Morgan fingerprint density at radius 1 is 0.522 bits per heavy atom. The molecular formula is C32H61N5O9. The minimum absolute atomic E-state index is 0.00154. The molecule has 2 heterocycles. The van der Waals surface area contributed by atoms with E-state index in [4.69, 9.17) is 28.4 Å². The van der Waals surface area contributed by atoms with Gasteiger partial charge < -0.3 is 38.6 Å². The summed E-state index contributed by atoms with van der Waals surface area (Å²) in [5, 5.41) is 3.46. The average Bonchev–Trinajstić information content (AvgIpc) is 2.94. The number of esters is 2. The van der Waals surface area contributed by atoms with Crippen molar-refractivity contribution in [3.05, 3.63) is 0 Å². The Hall–Kier alpha value is -1.91. The monoisotopic (exact) mass is 659 g/mol. The van der Waals surface area contributed by atoms with Crippen LogP contribution >= 0.6 is 0 Å². The second kappa shape index (κ2) is 21.9. The molecule has 0 unspecified atom stereocenters. The lowest BCUT2D eigenvalue weighted by molar-refractivity contribution is -0.158. The lowest BCUT2D eigenvalue weighted by atomic mass is 10.2. The van der Waals surface area contributed by atoms with Crippen molar-refractivity contribution in [3.63, 3.8) is 0 Å². The predicted molar refractivity (Wildman–Crippen MR) is 174 cm³/mol. The van der Waals surface area contributed by atoms with Crippen molar-refractivity contribution >= 4 is 17.8 Å². The number of carbonyl (C=O) groups excluding carboxylic acids is 3. The van der Waals surface area contributed by atoms with Crippen LogP contribution in [0.25, 0.3) is 0 Å². The molecule has 2 aliphatic rings. The minimum Gasteiger partial charge on any atom is -0.459 e. The molecule has 2 fully saturated rings. The van der Waals surface area contributed by atoms with Gasteiger partial charge in [0.25, 0.3) is 0 Å². The molecule has 0 atom stereocenters. The fourth-order valence-electron chi connectivity index (χ4n) is 4.85. The molecule has 0 radical (unpaired) electrons. The predicted octanol–water partition coefficient (Wildman–Crippen LogP) is 0.0876. The third-order valence-electron chi connectivity index (χ3n) is 7.06. The third kappa shape index (κ3) is 20.4. The molecule has 46 heavy (non-hydrogen) atoms. The maximum absolute atomic E-state index is 13.6. The van der Waals surface area contributed by atoms with Crippen molar-refractivity contribution in [3.8, 4) is 0 Å². The molecule has 2 aliphatic heterocycles. The molecule has 2 rings (SSSR count). The summed E-state index contributed by atoms with van der Waals surface area (Å²) in [5.74, 6) is -0.582. The van der Waals surface area contributed by atoms with Crippen molar-refractivity contribution < 1.29 is 42.8 Å². The highest BCUT2D eigenvalue weighted by molar-refractivity contribution is 5.78. The van der Waals surface area contributed by atoms with Crippen LogP contribution in [-0.4, -0.2) is 187 Å². The largest absolute Gasteiger partial charge is 0.459 e. The van der Waals surface area contributed by atoms with Crippen LogP contribution in [0.5, 0.6) is 0 Å². The minimum atomic E-state index is -0.594. The second-order valence-electron chi connectivity index (χ2n) is 13.6. The smallest absolute Gasteiger partial charge is 0.320 e. The Balaban J connectivity index is 2.05. The average molecular weight is 660 g/mol. The van der Waals surface area contributed by atoms with Crippen LogP contribution in [0.15, 0.2) is 0 Å². The summed E-state index contributed by atoms with van der Waals surface area (Å²) in [6.45, 7) is 21.2. The highest BCUT2D eigenvalue weighted by Crippen LogP contribution is 2.10. The zero-order valence-electron chi connectivity index (χ0n) is 29.3. The molecule has 268 valence electrons. The van der Waals surface area contributed by atoms with Gasteiger partial charge in [-0.05, 0) is 41.5 Å². The number of nitrogens with zero attached hydrogens (tertiary/aromatic N) is 4. The maximum Gasteiger partial charge on any atom is 0.320 e. The Morgan fingerprint density at radius 3 is 1.26 bits per heavy atom. The number of rotatable bonds is 6. The molecule has 0 aliphatic carbocycles. The summed E-state index contributed by atoms with van der Waals surface area (Å²) >= 11 is 0. The van der Waals surface area contributed by atoms with Crippen molar-refractivity contribution in [2.24, 2.45) is 0 Å². The lowest BCUT2D eigenvalue weighted by Crippen LogP contribution is -2.50. The van der Waals surface area contributed by atoms with Crippen LogP contribution in [0.3, 0.4) is 0 Å². The first-order valence-electron chi connectivity index (χ1n) is 16.7. The van der Waals surface area contributed by atoms with E-state index < -0.39 is 11.2 Å². The summed E-state index contributed by atoms with van der Waals surface area (Å²) in [6.07, 6.45) is 0. The third-order valence-corrected chi connectivity index (χ3v) is 7.06. The van der Waals surface area contributed by atoms with Gasteiger partial charge in [0.1, 0.15) is 11.2 Å². The zero-order chi connectivity index (χ0) is 33.8. The van der Waals surface area contributed by atoms with E-state index in [1.807, 2.05) is 46.4 Å². The zero-order valence-corrected chi connectivity index (χ0v) is 29.3. The van der Waals surface area contributed by atoms with E-state index in [2.05, 4.69) is 15.1 Å². The number of hydrogen-bond acceptors (Lipinski definition) is 13. The van der Waals surface area contributed by atoms with E-state index >= 15 is 0 Å². The van der Waals surface area contributed by atoms with Crippen molar-refractivity contribution in [1.29, 1.82) is 0 Å². The van der Waals surface area contributed by atoms with E-state index in [0.29, 0.717) is 118 Å². The summed E-state index contributed by atoms with van der Waals surface area (Å²) < 4.78 is 33.6. The first kappa shape index (κ1) is 40.3. The van der Waals surface area contributed by atoms with Gasteiger partial charge in [0.15, 0.2) is 0 Å². The molecule has 14 nitrogen and oxygen atoms in total. The molecule has 0 aromatic heterocycles. The van der Waals surface area contributed by atoms with Crippen LogP contribution in [0.2, 0.25) is 0 Å². The van der Waals surface area contributed by atoms with Gasteiger partial charge in [-0.25, -0.2) is 0 Å². The topological polar surface area (TPSA) is 132 Å². The summed E-state index contributed by atoms with van der Waals surface area (Å²) in [4.78, 5) is 47.0. The molecule has 0 aromatic rings. The SMILES string of the molecule is CC(C)(C)OC(=O)CN1CCNCCN(CC(=O)N2CCOCCOCCOCCOCC2)CCN(CC(=O)OC(C)(C)C)CC1. The van der Waals surface area contributed by atoms with E-state index in [9.17, 15) is 14.4 Å². The van der Waals surface area contributed by atoms with E-state index in [-0.39, 0.29) is 37.5 Å². The van der Waals surface area contributed by atoms with Crippen LogP contribution in [0.4, 0.5) is 0 Å². The van der Waals surface area contributed by atoms with Crippen LogP contribution < -0.4 is 5.32 Å². The Kier molecular flexibility index (Phi) is 19.1. The number of carbonyl (C=O) groups is 3. The lowest BCUT2D eigenvalue weighted by Gasteiger charge is -2.32. The number of ether oxygens (including phenoxy) is 6. The quantitative estimate of drug-likeness (QED) is 0.387. The summed E-state index contributed by atoms with van der Waals surface area (Å²) in [7, 11) is 0. The molecule has 0 aromatic carbocycles. The van der Waals surface area contributed by atoms with Gasteiger partial charge in [-0.15, -0.1) is 0 Å². The maximum atomic E-state index is 13.6. The van der Waals surface area contributed by atoms with Gasteiger partial charge in [0.2, 0.25) is 5.91 Å². The number of amides is 1. The number of hydrogen-bond donors (Lipinski definition) is 1. The standard InChI is InChI=1S/C32H61N5O9/c1-31(2,3)45-29(39)26-35-10-8-33-7-9-34(11-13-36(14-12-35)27-30(40)46-32(4,5)6)25-28(38)37-15-17-41-19-21-43-23-24-44-22-20-42-18-16-37/h33H,7-27H2,1-6H3. The Labute approximate surface area is 276 Å². The first-order valence-corrected chi connectivity index (χ1v) is 16.7. The Morgan fingerprint density at radius 2 is 0.870 bits per heavy atom. The number of nitrogens with one attached hydrogen (secondary N) is 1. The molecule has 0 bridgehead atoms. The fraction of sp³-hybridized carbons (Fsp3) is 0.906. The van der Waals surface area contributed by atoms with E-state index in [1.54, 1.807) is 4.90 Å². The molecule has 2 saturated heterocycles. The van der Waals surface area contributed by atoms with Gasteiger partial charge in [0.05, 0.1) is 72.5 Å². The van der Waals surface area contributed by atoms with Crippen LogP contribution in [0.1, 0.15) is 41.5 Å². The van der Waals surface area contributed by atoms with Crippen LogP contribution in [-0.2, 0) is 42.8 Å². The van der Waals surface area contributed by atoms with Crippen molar-refractivity contribution in [2.45, 2.75) is 52.7 Å². The van der Waals surface area contributed by atoms with Gasteiger partial charge in [-0.3, -0.25) is 29.1 Å². The molecule has 0 spiro atoms. The molecule has 1 amide bonds. The summed E-state index contributed by atoms with van der Waals surface area (Å²) in [6, 6.07) is 0. The van der Waals surface area contributed by atoms with Gasteiger partial charge >= 0.3 is 11.9 Å². The van der Waals surface area contributed by atoms with E-state index in [0.717, 1.165) is 0 Å².